The summed E-state index contributed by atoms with van der Waals surface area (Å²) >= 11 is 0. The van der Waals surface area contributed by atoms with E-state index in [9.17, 15) is 13.6 Å². The van der Waals surface area contributed by atoms with Crippen molar-refractivity contribution in [2.24, 2.45) is 17.8 Å². The Hall–Kier alpha value is -1.99. The van der Waals surface area contributed by atoms with Crippen LogP contribution in [0.25, 0.3) is 0 Å². The molecule has 0 unspecified atom stereocenters. The molecule has 1 saturated carbocycles. The molecule has 4 atom stereocenters. The van der Waals surface area contributed by atoms with Gasteiger partial charge < -0.3 is 14.5 Å². The molecule has 3 heterocycles. The molecule has 1 aromatic rings. The maximum Gasteiger partial charge on any atom is 0.305 e. The Morgan fingerprint density at radius 3 is 2.64 bits per heavy atom. The number of rotatable bonds is 4. The van der Waals surface area contributed by atoms with E-state index in [0.717, 1.165) is 26.1 Å². The molecule has 5 rings (SSSR count). The van der Waals surface area contributed by atoms with Crippen LogP contribution in [0.5, 0.6) is 0 Å². The summed E-state index contributed by atoms with van der Waals surface area (Å²) in [6.45, 7) is 4.44. The van der Waals surface area contributed by atoms with Crippen LogP contribution in [0, 0.1) is 17.8 Å². The average molecular weight is 392 g/mol. The minimum absolute atomic E-state index is 0.0652. The van der Waals surface area contributed by atoms with Gasteiger partial charge in [0.2, 0.25) is 5.95 Å². The Bertz CT molecular complexity index is 806. The topological polar surface area (TPSA) is 58.6 Å². The second kappa shape index (κ2) is 6.26. The zero-order valence-electron chi connectivity index (χ0n) is 16.3. The molecule has 152 valence electrons. The molecule has 0 bridgehead atoms. The summed E-state index contributed by atoms with van der Waals surface area (Å²) in [7, 11) is 1.42. The van der Waals surface area contributed by atoms with Gasteiger partial charge in [0.1, 0.15) is 11.5 Å². The number of alkyl halides is 2. The summed E-state index contributed by atoms with van der Waals surface area (Å²) in [6, 6.07) is 0.291. The highest BCUT2D eigenvalue weighted by Crippen LogP contribution is 2.55. The van der Waals surface area contributed by atoms with Crippen molar-refractivity contribution in [3.05, 3.63) is 11.3 Å². The minimum Gasteiger partial charge on any atom is -0.469 e. The number of aromatic nitrogens is 2. The number of nitrogens with zero attached hydrogens (tertiary/aromatic N) is 4. The second-order valence-corrected chi connectivity index (χ2v) is 8.74. The molecule has 2 aliphatic heterocycles. The van der Waals surface area contributed by atoms with Gasteiger partial charge >= 0.3 is 5.97 Å². The lowest BCUT2D eigenvalue weighted by Crippen LogP contribution is -2.47. The number of hydrogen-bond acceptors (Lipinski definition) is 6. The van der Waals surface area contributed by atoms with E-state index in [1.165, 1.54) is 7.11 Å². The fraction of sp³-hybridized carbons (Fsp3) is 0.750. The molecular weight excluding hydrogens is 366 g/mol. The maximum absolute atomic E-state index is 14.7. The Morgan fingerprint density at radius 1 is 1.29 bits per heavy atom. The first-order valence-electron chi connectivity index (χ1n) is 10.3. The van der Waals surface area contributed by atoms with Gasteiger partial charge in [-0.15, -0.1) is 0 Å². The summed E-state index contributed by atoms with van der Waals surface area (Å²) in [5.74, 6) is -0.690. The largest absolute Gasteiger partial charge is 0.469 e. The summed E-state index contributed by atoms with van der Waals surface area (Å²) in [6.07, 6.45) is 2.41. The monoisotopic (exact) mass is 392 g/mol. The number of carbonyl (C=O) groups excluding carboxylic acids is 1. The third kappa shape index (κ3) is 2.75. The molecule has 8 heteroatoms. The van der Waals surface area contributed by atoms with Gasteiger partial charge in [0.25, 0.3) is 5.92 Å². The number of esters is 1. The number of piperidine rings is 1. The lowest BCUT2D eigenvalue weighted by atomic mass is 9.92. The van der Waals surface area contributed by atoms with Crippen LogP contribution in [0.1, 0.15) is 43.9 Å². The van der Waals surface area contributed by atoms with Gasteiger partial charge in [-0.2, -0.15) is 13.8 Å². The number of anilines is 2. The Kier molecular flexibility index (Phi) is 4.04. The smallest absolute Gasteiger partial charge is 0.305 e. The summed E-state index contributed by atoms with van der Waals surface area (Å²) in [4.78, 5) is 24.8. The van der Waals surface area contributed by atoms with Crippen LogP contribution in [0.4, 0.5) is 20.5 Å². The SMILES string of the molecule is COC(=O)C[C@@H]1[C@H]2CN(c3nc(N4CC[C@@H]4C)nc4c3CCCC4(F)F)C[C@@H]12. The van der Waals surface area contributed by atoms with Crippen molar-refractivity contribution >= 4 is 17.7 Å². The highest BCUT2D eigenvalue weighted by Gasteiger charge is 2.57. The van der Waals surface area contributed by atoms with Crippen molar-refractivity contribution in [1.82, 2.24) is 9.97 Å². The number of fused-ring (bicyclic) bond motifs is 2. The fourth-order valence-electron chi connectivity index (χ4n) is 5.20. The van der Waals surface area contributed by atoms with Crippen molar-refractivity contribution in [1.29, 1.82) is 0 Å². The Labute approximate surface area is 163 Å². The lowest BCUT2D eigenvalue weighted by Gasteiger charge is -2.40. The quantitative estimate of drug-likeness (QED) is 0.735. The Balaban J connectivity index is 1.44. The van der Waals surface area contributed by atoms with E-state index >= 15 is 0 Å². The van der Waals surface area contributed by atoms with Gasteiger partial charge in [-0.05, 0) is 43.9 Å². The summed E-state index contributed by atoms with van der Waals surface area (Å²) in [5.41, 5.74) is 0.559. The van der Waals surface area contributed by atoms with Crippen LogP contribution in [-0.2, 0) is 21.9 Å². The molecule has 2 saturated heterocycles. The third-order valence-electron chi connectivity index (χ3n) is 7.12. The van der Waals surface area contributed by atoms with Crippen molar-refractivity contribution in [3.63, 3.8) is 0 Å². The first-order valence-corrected chi connectivity index (χ1v) is 10.3. The number of halogens is 2. The van der Waals surface area contributed by atoms with Gasteiger partial charge in [-0.25, -0.2) is 4.98 Å². The normalized spacial score (nSPS) is 32.4. The van der Waals surface area contributed by atoms with Crippen LogP contribution in [0.2, 0.25) is 0 Å². The van der Waals surface area contributed by atoms with Crippen molar-refractivity contribution in [2.75, 3.05) is 36.5 Å². The van der Waals surface area contributed by atoms with Gasteiger partial charge in [0.05, 0.1) is 7.11 Å². The number of ether oxygens (including phenoxy) is 1. The zero-order valence-corrected chi connectivity index (χ0v) is 16.3. The van der Waals surface area contributed by atoms with Crippen molar-refractivity contribution in [3.8, 4) is 0 Å². The van der Waals surface area contributed by atoms with Gasteiger partial charge in [0.15, 0.2) is 0 Å². The second-order valence-electron chi connectivity index (χ2n) is 8.74. The van der Waals surface area contributed by atoms with Crippen LogP contribution in [0.3, 0.4) is 0 Å². The summed E-state index contributed by atoms with van der Waals surface area (Å²) in [5, 5.41) is 0. The van der Waals surface area contributed by atoms with Crippen molar-refractivity contribution in [2.45, 2.75) is 51.0 Å². The molecule has 1 aromatic heterocycles. The van der Waals surface area contributed by atoms with Crippen LogP contribution >= 0.6 is 0 Å². The molecule has 3 fully saturated rings. The van der Waals surface area contributed by atoms with E-state index in [2.05, 4.69) is 16.8 Å². The van der Waals surface area contributed by atoms with Crippen LogP contribution < -0.4 is 9.80 Å². The molecule has 28 heavy (non-hydrogen) atoms. The maximum atomic E-state index is 14.7. The van der Waals surface area contributed by atoms with E-state index in [1.54, 1.807) is 0 Å². The molecule has 4 aliphatic rings. The van der Waals surface area contributed by atoms with Crippen LogP contribution in [-0.4, -0.2) is 48.7 Å². The van der Waals surface area contributed by atoms with Crippen molar-refractivity contribution < 1.29 is 18.3 Å². The first kappa shape index (κ1) is 18.1. The first-order chi connectivity index (χ1) is 13.4. The van der Waals surface area contributed by atoms with E-state index in [1.807, 2.05) is 4.90 Å². The molecule has 2 aliphatic carbocycles. The van der Waals surface area contributed by atoms with E-state index < -0.39 is 5.92 Å². The number of hydrogen-bond donors (Lipinski definition) is 0. The predicted molar refractivity (Wildman–Crippen MR) is 99.6 cm³/mol. The summed E-state index contributed by atoms with van der Waals surface area (Å²) < 4.78 is 34.1. The fourth-order valence-corrected chi connectivity index (χ4v) is 5.20. The highest BCUT2D eigenvalue weighted by molar-refractivity contribution is 5.70. The standard InChI is InChI=1S/C20H26F2N4O2/c1-11-5-7-26(11)19-23-17-12(4-3-6-20(17,21)22)18(24-19)25-9-14-13(15(14)10-25)8-16(27)28-2/h11,13-15H,3-10H2,1-2H3/t11-,13-,14-,15+/m0/s1. The number of methoxy groups -OCH3 is 1. The predicted octanol–water partition coefficient (Wildman–Crippen LogP) is 2.75. The molecular formula is C20H26F2N4O2. The molecule has 0 aromatic carbocycles. The van der Waals surface area contributed by atoms with Crippen LogP contribution in [0.15, 0.2) is 0 Å². The molecule has 0 N–H and O–H groups in total. The lowest BCUT2D eigenvalue weighted by molar-refractivity contribution is -0.141. The number of carbonyl (C=O) groups is 1. The molecule has 0 radical (unpaired) electrons. The Morgan fingerprint density at radius 2 is 2.04 bits per heavy atom. The minimum atomic E-state index is -2.88. The third-order valence-corrected chi connectivity index (χ3v) is 7.12. The van der Waals surface area contributed by atoms with Gasteiger partial charge in [-0.1, -0.05) is 0 Å². The zero-order chi connectivity index (χ0) is 19.6. The molecule has 6 nitrogen and oxygen atoms in total. The van der Waals surface area contributed by atoms with E-state index in [4.69, 9.17) is 9.72 Å². The van der Waals surface area contributed by atoms with E-state index in [0.29, 0.717) is 60.4 Å². The van der Waals surface area contributed by atoms with E-state index in [-0.39, 0.29) is 18.1 Å². The molecule has 0 spiro atoms. The van der Waals surface area contributed by atoms with Gasteiger partial charge in [-0.3, -0.25) is 4.79 Å². The highest BCUT2D eigenvalue weighted by atomic mass is 19.3. The molecule has 0 amide bonds. The average Bonchev–Trinajstić information content (AvgIpc) is 3.09. The van der Waals surface area contributed by atoms with Gasteiger partial charge in [0, 0.05) is 44.1 Å².